The van der Waals surface area contributed by atoms with E-state index in [-0.39, 0.29) is 40.1 Å². The summed E-state index contributed by atoms with van der Waals surface area (Å²) in [5.41, 5.74) is 2.19. The number of rotatable bonds is 2. The fraction of sp³-hybridized carbons (Fsp3) is 0.385. The Labute approximate surface area is 126 Å². The third-order valence-corrected chi connectivity index (χ3v) is 1.81. The fourth-order valence-electron chi connectivity index (χ4n) is 1.02. The second kappa shape index (κ2) is 11.3. The van der Waals surface area contributed by atoms with E-state index >= 15 is 0 Å². The van der Waals surface area contributed by atoms with Crippen LogP contribution in [0.1, 0.15) is 19.4 Å². The van der Waals surface area contributed by atoms with Gasteiger partial charge in [-0.3, -0.25) is 0 Å². The van der Waals surface area contributed by atoms with E-state index in [1.165, 1.54) is 0 Å². The first-order chi connectivity index (χ1) is 6.61. The number of hydrogen-bond donors (Lipinski definition) is 0. The molecule has 0 aromatic carbocycles. The minimum Gasteiger partial charge on any atom is -0.377 e. The third-order valence-electron chi connectivity index (χ3n) is 1.81. The average Bonchev–Trinajstić information content (AvgIpc) is 2.19. The summed E-state index contributed by atoms with van der Waals surface area (Å²) in [6, 6.07) is 4.08. The van der Waals surface area contributed by atoms with Crippen molar-refractivity contribution in [1.29, 1.82) is 0 Å². The molecule has 0 bridgehead atoms. The first-order valence-electron chi connectivity index (χ1n) is 4.93. The molecule has 1 heterocycles. The largest absolute Gasteiger partial charge is 0.377 e. The van der Waals surface area contributed by atoms with Crippen molar-refractivity contribution >= 4 is 5.70 Å². The Morgan fingerprint density at radius 2 is 1.81 bits per heavy atom. The molecule has 16 heavy (non-hydrogen) atoms. The van der Waals surface area contributed by atoms with E-state index in [0.717, 1.165) is 11.3 Å². The smallest absolute Gasteiger partial charge is 0.177 e. The first-order valence-corrected chi connectivity index (χ1v) is 4.93. The molecule has 0 aliphatic carbocycles. The molecule has 0 unspecified atom stereocenters. The van der Waals surface area contributed by atoms with Gasteiger partial charge in [0.15, 0.2) is 12.4 Å². The van der Waals surface area contributed by atoms with Gasteiger partial charge < -0.3 is 12.3 Å². The molecule has 2 nitrogen and oxygen atoms in total. The molecular formula is C13H24N2Y. The molecule has 0 fully saturated rings. The normalized spacial score (nSPS) is 7.56. The van der Waals surface area contributed by atoms with Crippen LogP contribution < -0.4 is 4.57 Å². The summed E-state index contributed by atoms with van der Waals surface area (Å²) in [5.74, 6) is 0. The van der Waals surface area contributed by atoms with Crippen molar-refractivity contribution in [2.75, 3.05) is 14.1 Å². The van der Waals surface area contributed by atoms with E-state index in [2.05, 4.69) is 18.8 Å². The topological polar surface area (TPSA) is 7.12 Å². The molecule has 89 valence electrons. The van der Waals surface area contributed by atoms with Gasteiger partial charge in [-0.15, -0.1) is 0 Å². The molecule has 1 aromatic heterocycles. The minimum absolute atomic E-state index is 0. The number of pyridine rings is 1. The summed E-state index contributed by atoms with van der Waals surface area (Å²) in [5, 5.41) is 0. The standard InChI is InChI=1S/C10H15N2.C2H6.CH3.Y/c1-9(11(2)3)10-6-5-7-12(4)8-10;1-2;;/h5-8H,1H2,2-4H3;1-2H3;1H3;/q+1;;-1;. The minimum atomic E-state index is 0. The van der Waals surface area contributed by atoms with Gasteiger partial charge in [0.2, 0.25) is 0 Å². The molecule has 0 amide bonds. The SMILES string of the molecule is C=C(c1ccc[n+](C)c1)N(C)C.CC.[CH3-].[Y]. The van der Waals surface area contributed by atoms with Crippen LogP contribution in [0.5, 0.6) is 0 Å². The van der Waals surface area contributed by atoms with Crippen LogP contribution in [0.3, 0.4) is 0 Å². The van der Waals surface area contributed by atoms with E-state index in [9.17, 15) is 0 Å². The van der Waals surface area contributed by atoms with Crippen molar-refractivity contribution in [3.05, 3.63) is 44.1 Å². The van der Waals surface area contributed by atoms with Crippen LogP contribution in [-0.2, 0) is 39.8 Å². The number of hydrogen-bond acceptors (Lipinski definition) is 1. The maximum Gasteiger partial charge on any atom is 0.177 e. The van der Waals surface area contributed by atoms with Crippen LogP contribution in [0.2, 0.25) is 0 Å². The maximum atomic E-state index is 3.98. The van der Waals surface area contributed by atoms with Gasteiger partial charge in [0.25, 0.3) is 0 Å². The van der Waals surface area contributed by atoms with Crippen LogP contribution >= 0.6 is 0 Å². The Morgan fingerprint density at radius 3 is 2.19 bits per heavy atom. The van der Waals surface area contributed by atoms with Crippen LogP contribution in [0.4, 0.5) is 0 Å². The molecule has 0 saturated heterocycles. The van der Waals surface area contributed by atoms with Gasteiger partial charge >= 0.3 is 0 Å². The second-order valence-electron chi connectivity index (χ2n) is 3.10. The summed E-state index contributed by atoms with van der Waals surface area (Å²) in [6.45, 7) is 7.98. The maximum absolute atomic E-state index is 3.98. The summed E-state index contributed by atoms with van der Waals surface area (Å²) < 4.78 is 2.02. The summed E-state index contributed by atoms with van der Waals surface area (Å²) in [6.07, 6.45) is 4.06. The van der Waals surface area contributed by atoms with E-state index in [0.29, 0.717) is 0 Å². The predicted octanol–water partition coefficient (Wildman–Crippen LogP) is 2.52. The van der Waals surface area contributed by atoms with E-state index in [1.54, 1.807) is 0 Å². The molecule has 0 atom stereocenters. The van der Waals surface area contributed by atoms with Crippen LogP contribution in [0.25, 0.3) is 5.70 Å². The molecule has 1 rings (SSSR count). The molecule has 3 heteroatoms. The summed E-state index contributed by atoms with van der Waals surface area (Å²) in [4.78, 5) is 2.01. The Hall–Kier alpha value is -0.206. The zero-order valence-electron chi connectivity index (χ0n) is 11.5. The van der Waals surface area contributed by atoms with Gasteiger partial charge in [-0.25, -0.2) is 4.57 Å². The van der Waals surface area contributed by atoms with Crippen molar-refractivity contribution in [3.63, 3.8) is 0 Å². The first kappa shape index (κ1) is 21.1. The summed E-state index contributed by atoms with van der Waals surface area (Å²) >= 11 is 0. The van der Waals surface area contributed by atoms with Crippen molar-refractivity contribution in [2.45, 2.75) is 13.8 Å². The molecule has 0 saturated carbocycles. The molecule has 0 N–H and O–H groups in total. The van der Waals surface area contributed by atoms with Crippen molar-refractivity contribution in [1.82, 2.24) is 4.90 Å². The van der Waals surface area contributed by atoms with Gasteiger partial charge in [-0.05, 0) is 6.07 Å². The number of nitrogens with zero attached hydrogens (tertiary/aromatic N) is 2. The van der Waals surface area contributed by atoms with Crippen LogP contribution in [0, 0.1) is 7.43 Å². The second-order valence-corrected chi connectivity index (χ2v) is 3.10. The zero-order valence-corrected chi connectivity index (χ0v) is 14.3. The van der Waals surface area contributed by atoms with E-state index in [4.69, 9.17) is 0 Å². The van der Waals surface area contributed by atoms with Gasteiger partial charge in [0.1, 0.15) is 7.05 Å². The molecular weight excluding hydrogens is 273 g/mol. The Balaban J connectivity index is -0.000000399. The zero-order chi connectivity index (χ0) is 11.1. The number of aromatic nitrogens is 1. The molecule has 1 radical (unpaired) electrons. The van der Waals surface area contributed by atoms with Crippen molar-refractivity contribution < 1.29 is 37.3 Å². The fourth-order valence-corrected chi connectivity index (χ4v) is 1.02. The van der Waals surface area contributed by atoms with Gasteiger partial charge in [0, 0.05) is 58.6 Å². The monoisotopic (exact) mass is 297 g/mol. The van der Waals surface area contributed by atoms with Gasteiger partial charge in [0.05, 0.1) is 5.56 Å². The predicted molar refractivity (Wildman–Crippen MR) is 68.1 cm³/mol. The Kier molecular flexibility index (Phi) is 14.9. The quantitative estimate of drug-likeness (QED) is 0.601. The van der Waals surface area contributed by atoms with Gasteiger partial charge in [-0.2, -0.15) is 0 Å². The average molecular weight is 297 g/mol. The van der Waals surface area contributed by atoms with Crippen molar-refractivity contribution in [2.24, 2.45) is 7.05 Å². The van der Waals surface area contributed by atoms with E-state index in [1.807, 2.05) is 56.7 Å². The van der Waals surface area contributed by atoms with Crippen LogP contribution in [0.15, 0.2) is 31.1 Å². The van der Waals surface area contributed by atoms with Gasteiger partial charge in [-0.1, -0.05) is 20.4 Å². The Bertz CT molecular complexity index is 296. The molecule has 0 spiro atoms. The van der Waals surface area contributed by atoms with Crippen LogP contribution in [-0.4, -0.2) is 19.0 Å². The molecule has 1 aromatic rings. The third kappa shape index (κ3) is 7.13. The molecule has 0 aliphatic heterocycles. The van der Waals surface area contributed by atoms with E-state index < -0.39 is 0 Å². The summed E-state index contributed by atoms with van der Waals surface area (Å²) in [7, 11) is 6.00. The molecule has 0 aliphatic rings. The van der Waals surface area contributed by atoms with Crippen molar-refractivity contribution in [3.8, 4) is 0 Å². The Morgan fingerprint density at radius 1 is 1.31 bits per heavy atom. The number of aryl methyl sites for hydroxylation is 1.